The number of fused-ring (bicyclic) bond motifs is 5. The minimum atomic E-state index is -0.203. The number of hydrogen-bond donors (Lipinski definition) is 1. The van der Waals surface area contributed by atoms with Gasteiger partial charge >= 0.3 is 0 Å². The molecule has 3 heteroatoms. The molecule has 4 fully saturated rings. The van der Waals surface area contributed by atoms with Crippen molar-refractivity contribution in [1.82, 2.24) is 0 Å². The van der Waals surface area contributed by atoms with Crippen LogP contribution in [0.4, 0.5) is 0 Å². The number of nitrogens with two attached hydrogens (primary N) is 1. The van der Waals surface area contributed by atoms with Crippen molar-refractivity contribution >= 4 is 11.6 Å². The van der Waals surface area contributed by atoms with Crippen LogP contribution in [-0.4, -0.2) is 18.1 Å². The number of allylic oxidation sites excluding steroid dienone is 2. The van der Waals surface area contributed by atoms with E-state index in [1.54, 1.807) is 0 Å². The summed E-state index contributed by atoms with van der Waals surface area (Å²) in [6.07, 6.45) is 16.3. The molecule has 0 heterocycles. The van der Waals surface area contributed by atoms with Crippen LogP contribution < -0.4 is 5.73 Å². The third-order valence-electron chi connectivity index (χ3n) is 9.34. The van der Waals surface area contributed by atoms with E-state index < -0.39 is 0 Å². The maximum Gasteiger partial charge on any atom is 0.139 e. The summed E-state index contributed by atoms with van der Waals surface area (Å²) in [6.45, 7) is 5.39. The highest BCUT2D eigenvalue weighted by molar-refractivity contribution is 5.89. The summed E-state index contributed by atoms with van der Waals surface area (Å²) in [4.78, 5) is 26.2. The Labute approximate surface area is 170 Å². The van der Waals surface area contributed by atoms with Gasteiger partial charge in [0, 0.05) is 24.2 Å². The van der Waals surface area contributed by atoms with Crippen molar-refractivity contribution in [2.24, 2.45) is 46.2 Å². The van der Waals surface area contributed by atoms with Gasteiger partial charge in [0.2, 0.25) is 0 Å². The Morgan fingerprint density at radius 1 is 1.07 bits per heavy atom. The third-order valence-corrected chi connectivity index (χ3v) is 9.34. The smallest absolute Gasteiger partial charge is 0.139 e. The fourth-order valence-electron chi connectivity index (χ4n) is 7.91. The lowest BCUT2D eigenvalue weighted by Gasteiger charge is -2.59. The second kappa shape index (κ2) is 7.70. The van der Waals surface area contributed by atoms with Crippen molar-refractivity contribution in [2.75, 3.05) is 6.54 Å². The monoisotopic (exact) mass is 385 g/mol. The second-order valence-electron chi connectivity index (χ2n) is 10.7. The zero-order valence-corrected chi connectivity index (χ0v) is 17.9. The zero-order valence-electron chi connectivity index (χ0n) is 17.9. The van der Waals surface area contributed by atoms with Crippen molar-refractivity contribution in [3.63, 3.8) is 0 Å². The second-order valence-corrected chi connectivity index (χ2v) is 10.7. The molecule has 28 heavy (non-hydrogen) atoms. The predicted octanol–water partition coefficient (Wildman–Crippen LogP) is 5.08. The van der Waals surface area contributed by atoms with Gasteiger partial charge in [-0.2, -0.15) is 0 Å². The van der Waals surface area contributed by atoms with Crippen LogP contribution in [0.3, 0.4) is 0 Å². The Bertz CT molecular complexity index is 655. The lowest BCUT2D eigenvalue weighted by Crippen LogP contribution is -2.56. The molecule has 2 N–H and O–H groups in total. The normalized spacial score (nSPS) is 45.8. The standard InChI is InChI=1S/C25H39NO2/c1-24-12-7-6-10-20(24)21(27)16-18-19(24)11-13-25(2)22(28)15-17(23(18)25)9-5-3-4-8-14-26/h5,9,17-20,23H,3-4,6-8,10-16,26H2,1-2H3/t17?,18-,19+,20-,23+,24-,25-/m1/s1. The van der Waals surface area contributed by atoms with Crippen LogP contribution in [0.5, 0.6) is 0 Å². The Morgan fingerprint density at radius 2 is 1.89 bits per heavy atom. The number of hydrogen-bond acceptors (Lipinski definition) is 3. The largest absolute Gasteiger partial charge is 0.330 e. The van der Waals surface area contributed by atoms with Gasteiger partial charge in [0.15, 0.2) is 0 Å². The molecule has 4 saturated carbocycles. The minimum Gasteiger partial charge on any atom is -0.330 e. The molecule has 4 aliphatic rings. The van der Waals surface area contributed by atoms with Gasteiger partial charge in [-0.05, 0) is 80.6 Å². The third kappa shape index (κ3) is 3.13. The molecule has 0 aliphatic heterocycles. The van der Waals surface area contributed by atoms with Gasteiger partial charge in [-0.1, -0.05) is 38.8 Å². The first kappa shape index (κ1) is 20.3. The van der Waals surface area contributed by atoms with Crippen LogP contribution in [0, 0.1) is 40.4 Å². The van der Waals surface area contributed by atoms with Crippen LogP contribution in [0.25, 0.3) is 0 Å². The fraction of sp³-hybridized carbons (Fsp3) is 0.840. The van der Waals surface area contributed by atoms with E-state index >= 15 is 0 Å². The van der Waals surface area contributed by atoms with Gasteiger partial charge in [-0.3, -0.25) is 9.59 Å². The Morgan fingerprint density at radius 3 is 2.68 bits per heavy atom. The molecule has 0 saturated heterocycles. The van der Waals surface area contributed by atoms with E-state index in [1.807, 2.05) is 0 Å². The summed E-state index contributed by atoms with van der Waals surface area (Å²) >= 11 is 0. The Balaban J connectivity index is 1.60. The van der Waals surface area contributed by atoms with E-state index in [9.17, 15) is 9.59 Å². The summed E-state index contributed by atoms with van der Waals surface area (Å²) in [5, 5.41) is 0. The highest BCUT2D eigenvalue weighted by Crippen LogP contribution is 2.66. The van der Waals surface area contributed by atoms with Crippen molar-refractivity contribution in [3.05, 3.63) is 12.2 Å². The predicted molar refractivity (Wildman–Crippen MR) is 113 cm³/mol. The molecule has 0 amide bonds. The Kier molecular flexibility index (Phi) is 5.59. The van der Waals surface area contributed by atoms with Gasteiger partial charge in [-0.15, -0.1) is 0 Å². The molecule has 4 rings (SSSR count). The van der Waals surface area contributed by atoms with Crippen molar-refractivity contribution in [1.29, 1.82) is 0 Å². The summed E-state index contributed by atoms with van der Waals surface area (Å²) < 4.78 is 0. The van der Waals surface area contributed by atoms with Gasteiger partial charge in [0.05, 0.1) is 0 Å². The quantitative estimate of drug-likeness (QED) is 0.530. The summed E-state index contributed by atoms with van der Waals surface area (Å²) in [6, 6.07) is 0. The number of unbranched alkanes of at least 4 members (excludes halogenated alkanes) is 2. The van der Waals surface area contributed by atoms with Gasteiger partial charge in [-0.25, -0.2) is 0 Å². The molecule has 156 valence electrons. The molecule has 0 aromatic carbocycles. The maximum absolute atomic E-state index is 13.2. The van der Waals surface area contributed by atoms with E-state index in [4.69, 9.17) is 5.73 Å². The lowest BCUT2D eigenvalue weighted by molar-refractivity contribution is -0.156. The average molecular weight is 386 g/mol. The average Bonchev–Trinajstić information content (AvgIpc) is 2.92. The molecular weight excluding hydrogens is 346 g/mol. The van der Waals surface area contributed by atoms with Gasteiger partial charge in [0.25, 0.3) is 0 Å². The lowest BCUT2D eigenvalue weighted by atomic mass is 9.44. The van der Waals surface area contributed by atoms with Gasteiger partial charge in [0.1, 0.15) is 11.6 Å². The van der Waals surface area contributed by atoms with Crippen LogP contribution >= 0.6 is 0 Å². The first-order chi connectivity index (χ1) is 13.4. The van der Waals surface area contributed by atoms with Crippen LogP contribution in [-0.2, 0) is 9.59 Å². The number of Topliss-reactive ketones (excluding diaryl/α,β-unsaturated/α-hetero) is 2. The maximum atomic E-state index is 13.2. The first-order valence-electron chi connectivity index (χ1n) is 11.8. The zero-order chi connectivity index (χ0) is 19.9. The van der Waals surface area contributed by atoms with E-state index in [2.05, 4.69) is 26.0 Å². The van der Waals surface area contributed by atoms with E-state index in [0.29, 0.717) is 41.7 Å². The topological polar surface area (TPSA) is 60.2 Å². The number of rotatable bonds is 5. The summed E-state index contributed by atoms with van der Waals surface area (Å²) in [5.41, 5.74) is 5.59. The highest BCUT2D eigenvalue weighted by Gasteiger charge is 2.63. The molecule has 0 aromatic heterocycles. The number of carbonyl (C=O) groups is 2. The summed E-state index contributed by atoms with van der Waals surface area (Å²) in [5.74, 6) is 3.00. The van der Waals surface area contributed by atoms with E-state index in [0.717, 1.165) is 51.5 Å². The van der Waals surface area contributed by atoms with Crippen LogP contribution in [0.1, 0.15) is 84.5 Å². The van der Waals surface area contributed by atoms with Crippen molar-refractivity contribution in [2.45, 2.75) is 84.5 Å². The van der Waals surface area contributed by atoms with E-state index in [1.165, 1.54) is 19.3 Å². The van der Waals surface area contributed by atoms with Crippen molar-refractivity contribution in [3.8, 4) is 0 Å². The van der Waals surface area contributed by atoms with Gasteiger partial charge < -0.3 is 5.73 Å². The first-order valence-corrected chi connectivity index (χ1v) is 11.8. The van der Waals surface area contributed by atoms with Crippen molar-refractivity contribution < 1.29 is 9.59 Å². The Hall–Kier alpha value is -0.960. The van der Waals surface area contributed by atoms with Crippen LogP contribution in [0.2, 0.25) is 0 Å². The SMILES string of the molecule is C[C@]12CCCC[C@@H]1C(=O)C[C@@H]1[C@@H]2CC[C@]2(C)C(=O)CC(C=CCCCCN)[C@@H]12. The molecule has 1 unspecified atom stereocenters. The summed E-state index contributed by atoms with van der Waals surface area (Å²) in [7, 11) is 0. The molecule has 0 bridgehead atoms. The fourth-order valence-corrected chi connectivity index (χ4v) is 7.91. The number of carbonyl (C=O) groups excluding carboxylic acids is 2. The van der Waals surface area contributed by atoms with Crippen LogP contribution in [0.15, 0.2) is 12.2 Å². The molecule has 0 spiro atoms. The minimum absolute atomic E-state index is 0.181. The molecule has 0 aromatic rings. The number of ketones is 2. The molecule has 0 radical (unpaired) electrons. The molecule has 4 aliphatic carbocycles. The molecular formula is C25H39NO2. The molecule has 3 nitrogen and oxygen atoms in total. The molecule has 7 atom stereocenters. The van der Waals surface area contributed by atoms with E-state index in [-0.39, 0.29) is 16.7 Å². The highest BCUT2D eigenvalue weighted by atomic mass is 16.1.